The van der Waals surface area contributed by atoms with Crippen molar-refractivity contribution < 1.29 is 14.7 Å². The zero-order valence-corrected chi connectivity index (χ0v) is 13.2. The molecule has 0 saturated carbocycles. The molecule has 1 heterocycles. The summed E-state index contributed by atoms with van der Waals surface area (Å²) >= 11 is 7.21. The molecule has 0 bridgehead atoms. The summed E-state index contributed by atoms with van der Waals surface area (Å²) in [5.41, 5.74) is 1.26. The quantitative estimate of drug-likeness (QED) is 0.753. The predicted molar refractivity (Wildman–Crippen MR) is 86.1 cm³/mol. The van der Waals surface area contributed by atoms with Crippen LogP contribution in [0.1, 0.15) is 22.0 Å². The van der Waals surface area contributed by atoms with Gasteiger partial charge in [0.15, 0.2) is 0 Å². The molecule has 1 aromatic heterocycles. The predicted octanol–water partition coefficient (Wildman–Crippen LogP) is 1.98. The summed E-state index contributed by atoms with van der Waals surface area (Å²) < 4.78 is 0. The van der Waals surface area contributed by atoms with E-state index in [1.165, 1.54) is 11.3 Å². The lowest BCUT2D eigenvalue weighted by atomic mass is 10.1. The van der Waals surface area contributed by atoms with E-state index in [1.54, 1.807) is 41.1 Å². The second-order valence-electron chi connectivity index (χ2n) is 4.55. The Labute approximate surface area is 136 Å². The maximum Gasteiger partial charge on any atom is 0.252 e. The van der Waals surface area contributed by atoms with Crippen molar-refractivity contribution in [3.63, 3.8) is 0 Å². The second-order valence-corrected chi connectivity index (χ2v) is 5.77. The van der Waals surface area contributed by atoms with Gasteiger partial charge in [0.05, 0.1) is 19.2 Å². The third-order valence-electron chi connectivity index (χ3n) is 2.98. The molecule has 22 heavy (non-hydrogen) atoms. The fraction of sp³-hybridized carbons (Fsp3) is 0.200. The Morgan fingerprint density at radius 1 is 1.23 bits per heavy atom. The Morgan fingerprint density at radius 2 is 1.95 bits per heavy atom. The van der Waals surface area contributed by atoms with Crippen molar-refractivity contribution in [3.8, 4) is 0 Å². The molecule has 7 heteroatoms. The number of carbonyl (C=O) groups excluding carboxylic acids is 2. The summed E-state index contributed by atoms with van der Waals surface area (Å²) in [6.45, 7) is -0.398. The highest BCUT2D eigenvalue weighted by Crippen LogP contribution is 2.16. The van der Waals surface area contributed by atoms with Gasteiger partial charge in [0.2, 0.25) is 5.91 Å². The zero-order valence-electron chi connectivity index (χ0n) is 11.6. The first-order valence-electron chi connectivity index (χ1n) is 6.56. The number of nitrogens with one attached hydrogen (secondary N) is 2. The Balaban J connectivity index is 1.87. The van der Waals surface area contributed by atoms with Crippen molar-refractivity contribution in [1.82, 2.24) is 10.6 Å². The van der Waals surface area contributed by atoms with E-state index in [-0.39, 0.29) is 25.0 Å². The maximum absolute atomic E-state index is 11.9. The third kappa shape index (κ3) is 4.56. The molecule has 3 N–H and O–H groups in total. The minimum absolute atomic E-state index is 0.154. The number of thiophene rings is 1. The Bertz CT molecular complexity index is 629. The van der Waals surface area contributed by atoms with Crippen LogP contribution in [0, 0.1) is 0 Å². The Hall–Kier alpha value is -1.89. The lowest BCUT2D eigenvalue weighted by Gasteiger charge is -2.17. The number of hydrogen-bond acceptors (Lipinski definition) is 4. The van der Waals surface area contributed by atoms with Crippen LogP contribution in [0.3, 0.4) is 0 Å². The van der Waals surface area contributed by atoms with Crippen LogP contribution in [0.15, 0.2) is 41.1 Å². The Morgan fingerprint density at radius 3 is 2.55 bits per heavy atom. The van der Waals surface area contributed by atoms with Gasteiger partial charge in [-0.15, -0.1) is 0 Å². The zero-order chi connectivity index (χ0) is 15.9. The van der Waals surface area contributed by atoms with Crippen molar-refractivity contribution in [3.05, 3.63) is 57.2 Å². The number of benzene rings is 1. The van der Waals surface area contributed by atoms with Gasteiger partial charge in [0.25, 0.3) is 5.91 Å². The molecule has 1 aromatic carbocycles. The standard InChI is InChI=1S/C15H15ClN2O3S/c16-12-3-1-10(2-4-12)13(8-19)18-14(20)7-17-15(21)11-5-6-22-9-11/h1-6,9,13,19H,7-8H2,(H,17,21)(H,18,20). The molecule has 1 atom stereocenters. The van der Waals surface area contributed by atoms with E-state index >= 15 is 0 Å². The summed E-state index contributed by atoms with van der Waals surface area (Å²) in [7, 11) is 0. The van der Waals surface area contributed by atoms with Gasteiger partial charge >= 0.3 is 0 Å². The maximum atomic E-state index is 11.9. The number of aliphatic hydroxyl groups excluding tert-OH is 1. The van der Waals surface area contributed by atoms with Crippen molar-refractivity contribution in [1.29, 1.82) is 0 Å². The molecule has 2 rings (SSSR count). The summed E-state index contributed by atoms with van der Waals surface area (Å²) in [4.78, 5) is 23.6. The van der Waals surface area contributed by atoms with Crippen LogP contribution in [-0.2, 0) is 4.79 Å². The molecular formula is C15H15ClN2O3S. The highest BCUT2D eigenvalue weighted by Gasteiger charge is 2.14. The van der Waals surface area contributed by atoms with Crippen LogP contribution in [0.25, 0.3) is 0 Å². The van der Waals surface area contributed by atoms with Gasteiger partial charge in [0, 0.05) is 16.0 Å². The fourth-order valence-corrected chi connectivity index (χ4v) is 2.59. The SMILES string of the molecule is O=C(CNC(=O)c1ccsc1)NC(CO)c1ccc(Cl)cc1. The molecule has 0 aliphatic rings. The smallest absolute Gasteiger partial charge is 0.252 e. The minimum atomic E-state index is -0.539. The number of amides is 2. The summed E-state index contributed by atoms with van der Waals surface area (Å²) in [5, 5.41) is 18.7. The molecule has 0 saturated heterocycles. The normalized spacial score (nSPS) is 11.7. The molecule has 116 valence electrons. The van der Waals surface area contributed by atoms with Gasteiger partial charge in [-0.3, -0.25) is 9.59 Å². The van der Waals surface area contributed by atoms with Crippen molar-refractivity contribution in [2.24, 2.45) is 0 Å². The molecule has 5 nitrogen and oxygen atoms in total. The lowest BCUT2D eigenvalue weighted by molar-refractivity contribution is -0.121. The van der Waals surface area contributed by atoms with Gasteiger partial charge in [-0.2, -0.15) is 11.3 Å². The van der Waals surface area contributed by atoms with Gasteiger partial charge in [-0.25, -0.2) is 0 Å². The van der Waals surface area contributed by atoms with Crippen LogP contribution >= 0.6 is 22.9 Å². The van der Waals surface area contributed by atoms with Gasteiger partial charge in [-0.1, -0.05) is 23.7 Å². The lowest BCUT2D eigenvalue weighted by Crippen LogP contribution is -2.39. The van der Waals surface area contributed by atoms with Crippen molar-refractivity contribution in [2.45, 2.75) is 6.04 Å². The fourth-order valence-electron chi connectivity index (χ4n) is 1.83. The van der Waals surface area contributed by atoms with E-state index in [2.05, 4.69) is 10.6 Å². The molecule has 0 spiro atoms. The molecule has 0 fully saturated rings. The first-order chi connectivity index (χ1) is 10.6. The largest absolute Gasteiger partial charge is 0.394 e. The summed E-state index contributed by atoms with van der Waals surface area (Å²) in [6.07, 6.45) is 0. The highest BCUT2D eigenvalue weighted by atomic mass is 35.5. The molecule has 0 aliphatic carbocycles. The van der Waals surface area contributed by atoms with Crippen LogP contribution in [0.4, 0.5) is 0 Å². The second kappa shape index (κ2) is 7.93. The average molecular weight is 339 g/mol. The first kappa shape index (κ1) is 16.5. The number of carbonyl (C=O) groups is 2. The molecule has 0 aliphatic heterocycles. The van der Waals surface area contributed by atoms with E-state index in [0.717, 1.165) is 5.56 Å². The molecule has 0 radical (unpaired) electrons. The topological polar surface area (TPSA) is 78.4 Å². The minimum Gasteiger partial charge on any atom is -0.394 e. The number of rotatable bonds is 6. The molecule has 2 aromatic rings. The monoisotopic (exact) mass is 338 g/mol. The molecule has 2 amide bonds. The number of hydrogen-bond donors (Lipinski definition) is 3. The third-order valence-corrected chi connectivity index (χ3v) is 3.92. The Kier molecular flexibility index (Phi) is 5.94. The number of halogens is 1. The van der Waals surface area contributed by atoms with E-state index < -0.39 is 6.04 Å². The summed E-state index contributed by atoms with van der Waals surface area (Å²) in [6, 6.07) is 7.97. The summed E-state index contributed by atoms with van der Waals surface area (Å²) in [5.74, 6) is -0.680. The number of aliphatic hydroxyl groups is 1. The average Bonchev–Trinajstić information content (AvgIpc) is 3.05. The van der Waals surface area contributed by atoms with Crippen LogP contribution in [-0.4, -0.2) is 30.1 Å². The first-order valence-corrected chi connectivity index (χ1v) is 7.88. The van der Waals surface area contributed by atoms with E-state index in [9.17, 15) is 14.7 Å². The van der Waals surface area contributed by atoms with Crippen LogP contribution in [0.2, 0.25) is 5.02 Å². The van der Waals surface area contributed by atoms with E-state index in [4.69, 9.17) is 11.6 Å². The van der Waals surface area contributed by atoms with Gasteiger partial charge in [-0.05, 0) is 29.1 Å². The van der Waals surface area contributed by atoms with E-state index in [0.29, 0.717) is 10.6 Å². The molecular weight excluding hydrogens is 324 g/mol. The van der Waals surface area contributed by atoms with E-state index in [1.807, 2.05) is 0 Å². The van der Waals surface area contributed by atoms with Crippen LogP contribution < -0.4 is 10.6 Å². The van der Waals surface area contributed by atoms with Crippen molar-refractivity contribution >= 4 is 34.8 Å². The van der Waals surface area contributed by atoms with Gasteiger partial charge in [0.1, 0.15) is 0 Å². The van der Waals surface area contributed by atoms with Gasteiger partial charge < -0.3 is 15.7 Å². The van der Waals surface area contributed by atoms with Crippen LogP contribution in [0.5, 0.6) is 0 Å². The highest BCUT2D eigenvalue weighted by molar-refractivity contribution is 7.08. The van der Waals surface area contributed by atoms with Crippen molar-refractivity contribution in [2.75, 3.05) is 13.2 Å². The molecule has 1 unspecified atom stereocenters.